The van der Waals surface area contributed by atoms with Gasteiger partial charge >= 0.3 is 0 Å². The van der Waals surface area contributed by atoms with Crippen LogP contribution in [0.3, 0.4) is 0 Å². The number of hydrogen-bond donors (Lipinski definition) is 1. The van der Waals surface area contributed by atoms with Crippen molar-refractivity contribution in [3.8, 4) is 0 Å². The van der Waals surface area contributed by atoms with E-state index in [9.17, 15) is 4.39 Å². The maximum atomic E-state index is 13.1. The van der Waals surface area contributed by atoms with Crippen molar-refractivity contribution in [2.45, 2.75) is 13.3 Å². The topological polar surface area (TPSA) is 42.2 Å². The monoisotopic (exact) mass is 337 g/mol. The first kappa shape index (κ1) is 14.9. The summed E-state index contributed by atoms with van der Waals surface area (Å²) < 4.78 is 14.0. The summed E-state index contributed by atoms with van der Waals surface area (Å²) in [6.07, 6.45) is 2.61. The SMILES string of the molecule is Cc1cc(Br)cnc1N(CCCN)c1ccc(F)cc1. The van der Waals surface area contributed by atoms with Gasteiger partial charge in [-0.25, -0.2) is 9.37 Å². The Morgan fingerprint density at radius 3 is 2.60 bits per heavy atom. The molecule has 20 heavy (non-hydrogen) atoms. The molecule has 1 heterocycles. The molecule has 0 amide bonds. The van der Waals surface area contributed by atoms with Gasteiger partial charge in [-0.1, -0.05) is 0 Å². The molecule has 0 unspecified atom stereocenters. The summed E-state index contributed by atoms with van der Waals surface area (Å²) in [5, 5.41) is 0. The molecule has 0 saturated heterocycles. The summed E-state index contributed by atoms with van der Waals surface area (Å²) in [7, 11) is 0. The van der Waals surface area contributed by atoms with Crippen LogP contribution in [0.25, 0.3) is 0 Å². The van der Waals surface area contributed by atoms with Crippen LogP contribution in [0.15, 0.2) is 41.0 Å². The lowest BCUT2D eigenvalue weighted by molar-refractivity contribution is 0.627. The van der Waals surface area contributed by atoms with E-state index in [0.717, 1.165) is 34.5 Å². The van der Waals surface area contributed by atoms with Crippen LogP contribution in [-0.4, -0.2) is 18.1 Å². The Balaban J connectivity index is 2.38. The smallest absolute Gasteiger partial charge is 0.135 e. The van der Waals surface area contributed by atoms with E-state index in [4.69, 9.17) is 5.73 Å². The first-order valence-electron chi connectivity index (χ1n) is 6.47. The van der Waals surface area contributed by atoms with E-state index >= 15 is 0 Å². The number of pyridine rings is 1. The fraction of sp³-hybridized carbons (Fsp3) is 0.267. The van der Waals surface area contributed by atoms with Gasteiger partial charge in [-0.15, -0.1) is 0 Å². The molecule has 0 bridgehead atoms. The molecule has 1 aromatic heterocycles. The maximum absolute atomic E-state index is 13.1. The molecular weight excluding hydrogens is 321 g/mol. The summed E-state index contributed by atoms with van der Waals surface area (Å²) in [5.74, 6) is 0.626. The number of halogens is 2. The second-order valence-electron chi connectivity index (χ2n) is 4.56. The van der Waals surface area contributed by atoms with Crippen LogP contribution < -0.4 is 10.6 Å². The maximum Gasteiger partial charge on any atom is 0.135 e. The molecule has 0 saturated carbocycles. The molecular formula is C15H17BrFN3. The summed E-state index contributed by atoms with van der Waals surface area (Å²) in [4.78, 5) is 6.54. The molecule has 1 aromatic carbocycles. The number of nitrogens with zero attached hydrogens (tertiary/aromatic N) is 2. The quantitative estimate of drug-likeness (QED) is 0.902. The summed E-state index contributed by atoms with van der Waals surface area (Å²) in [6, 6.07) is 8.45. The van der Waals surface area contributed by atoms with Crippen molar-refractivity contribution in [3.63, 3.8) is 0 Å². The number of aromatic nitrogens is 1. The van der Waals surface area contributed by atoms with Crippen molar-refractivity contribution in [1.82, 2.24) is 4.98 Å². The van der Waals surface area contributed by atoms with Gasteiger partial charge in [-0.2, -0.15) is 0 Å². The van der Waals surface area contributed by atoms with Crippen LogP contribution in [0.1, 0.15) is 12.0 Å². The predicted molar refractivity (Wildman–Crippen MR) is 83.8 cm³/mol. The van der Waals surface area contributed by atoms with Crippen molar-refractivity contribution >= 4 is 27.4 Å². The molecule has 0 atom stereocenters. The molecule has 2 rings (SSSR count). The average molecular weight is 338 g/mol. The van der Waals surface area contributed by atoms with Gasteiger partial charge < -0.3 is 10.6 Å². The normalized spacial score (nSPS) is 10.6. The molecule has 5 heteroatoms. The molecule has 2 aromatic rings. The minimum atomic E-state index is -0.243. The molecule has 106 valence electrons. The highest BCUT2D eigenvalue weighted by molar-refractivity contribution is 9.10. The highest BCUT2D eigenvalue weighted by Gasteiger charge is 2.13. The van der Waals surface area contributed by atoms with E-state index < -0.39 is 0 Å². The van der Waals surface area contributed by atoms with Crippen LogP contribution in [-0.2, 0) is 0 Å². The largest absolute Gasteiger partial charge is 0.330 e. The van der Waals surface area contributed by atoms with Gasteiger partial charge in [-0.05, 0) is 71.7 Å². The average Bonchev–Trinajstić information content (AvgIpc) is 2.42. The number of anilines is 2. The van der Waals surface area contributed by atoms with Gasteiger partial charge in [0.15, 0.2) is 0 Å². The third-order valence-corrected chi connectivity index (χ3v) is 3.43. The van der Waals surface area contributed by atoms with E-state index in [2.05, 4.69) is 25.8 Å². The highest BCUT2D eigenvalue weighted by Crippen LogP contribution is 2.28. The van der Waals surface area contributed by atoms with Crippen molar-refractivity contribution in [3.05, 3.63) is 52.4 Å². The van der Waals surface area contributed by atoms with E-state index in [-0.39, 0.29) is 5.82 Å². The number of benzene rings is 1. The Labute approximate surface area is 126 Å². The van der Waals surface area contributed by atoms with Gasteiger partial charge in [0, 0.05) is 22.9 Å². The Morgan fingerprint density at radius 1 is 1.30 bits per heavy atom. The summed E-state index contributed by atoms with van der Waals surface area (Å²) in [6.45, 7) is 3.36. The van der Waals surface area contributed by atoms with Crippen LogP contribution in [0.2, 0.25) is 0 Å². The predicted octanol–water partition coefficient (Wildman–Crippen LogP) is 3.78. The first-order valence-corrected chi connectivity index (χ1v) is 7.26. The van der Waals surface area contributed by atoms with E-state index in [1.165, 1.54) is 12.1 Å². The minimum Gasteiger partial charge on any atom is -0.330 e. The molecule has 0 aliphatic rings. The lowest BCUT2D eigenvalue weighted by atomic mass is 10.2. The van der Waals surface area contributed by atoms with Crippen molar-refractivity contribution < 1.29 is 4.39 Å². The van der Waals surface area contributed by atoms with Gasteiger partial charge in [0.1, 0.15) is 11.6 Å². The fourth-order valence-electron chi connectivity index (χ4n) is 2.04. The number of nitrogens with two attached hydrogens (primary N) is 1. The van der Waals surface area contributed by atoms with Crippen molar-refractivity contribution in [2.75, 3.05) is 18.0 Å². The zero-order valence-electron chi connectivity index (χ0n) is 11.3. The number of aryl methyl sites for hydroxylation is 1. The van der Waals surface area contributed by atoms with Gasteiger partial charge in [-0.3, -0.25) is 0 Å². The minimum absolute atomic E-state index is 0.243. The van der Waals surface area contributed by atoms with E-state index in [1.54, 1.807) is 18.3 Å². The van der Waals surface area contributed by atoms with Crippen molar-refractivity contribution in [2.24, 2.45) is 5.73 Å². The fourth-order valence-corrected chi connectivity index (χ4v) is 2.49. The Hall–Kier alpha value is -1.46. The Morgan fingerprint density at radius 2 is 2.00 bits per heavy atom. The third-order valence-electron chi connectivity index (χ3n) is 3.00. The third kappa shape index (κ3) is 3.55. The summed E-state index contributed by atoms with van der Waals surface area (Å²) >= 11 is 3.41. The zero-order chi connectivity index (χ0) is 14.5. The van der Waals surface area contributed by atoms with E-state index in [1.807, 2.05) is 13.0 Å². The Bertz CT molecular complexity index is 572. The molecule has 2 N–H and O–H groups in total. The van der Waals surface area contributed by atoms with Gasteiger partial charge in [0.2, 0.25) is 0 Å². The molecule has 0 aliphatic heterocycles. The molecule has 3 nitrogen and oxygen atoms in total. The number of hydrogen-bond acceptors (Lipinski definition) is 3. The zero-order valence-corrected chi connectivity index (χ0v) is 12.9. The van der Waals surface area contributed by atoms with Gasteiger partial charge in [0.05, 0.1) is 0 Å². The molecule has 0 aliphatic carbocycles. The first-order chi connectivity index (χ1) is 9.61. The van der Waals surface area contributed by atoms with Crippen LogP contribution >= 0.6 is 15.9 Å². The van der Waals surface area contributed by atoms with Crippen LogP contribution in [0.5, 0.6) is 0 Å². The van der Waals surface area contributed by atoms with Crippen molar-refractivity contribution in [1.29, 1.82) is 0 Å². The van der Waals surface area contributed by atoms with Crippen LogP contribution in [0, 0.1) is 12.7 Å². The van der Waals surface area contributed by atoms with Gasteiger partial charge in [0.25, 0.3) is 0 Å². The summed E-state index contributed by atoms with van der Waals surface area (Å²) in [5.41, 5.74) is 7.58. The highest BCUT2D eigenvalue weighted by atomic mass is 79.9. The number of rotatable bonds is 5. The molecule has 0 spiro atoms. The lowest BCUT2D eigenvalue weighted by Crippen LogP contribution is -2.22. The second kappa shape index (κ2) is 6.81. The Kier molecular flexibility index (Phi) is 5.09. The van der Waals surface area contributed by atoms with Crippen LogP contribution in [0.4, 0.5) is 15.9 Å². The van der Waals surface area contributed by atoms with E-state index in [0.29, 0.717) is 6.54 Å². The standard InChI is InChI=1S/C15H17BrFN3/c1-11-9-12(16)10-19-15(11)20(8-2-7-18)14-5-3-13(17)4-6-14/h3-6,9-10H,2,7-8,18H2,1H3. The lowest BCUT2D eigenvalue weighted by Gasteiger charge is -2.25. The second-order valence-corrected chi connectivity index (χ2v) is 5.48. The molecule has 0 fully saturated rings. The molecule has 0 radical (unpaired) electrons.